The zero-order valence-corrected chi connectivity index (χ0v) is 15.6. The smallest absolute Gasteiger partial charge is 0.228 e. The number of carbonyl (C=O) groups excluding carboxylic acids is 1. The van der Waals surface area contributed by atoms with Gasteiger partial charge in [0.25, 0.3) is 0 Å². The van der Waals surface area contributed by atoms with Crippen molar-refractivity contribution >= 4 is 22.6 Å². The number of hydrogen-bond acceptors (Lipinski definition) is 3. The number of fused-ring (bicyclic) bond motifs is 1. The summed E-state index contributed by atoms with van der Waals surface area (Å²) < 4.78 is 1.81. The third-order valence-electron chi connectivity index (χ3n) is 4.83. The van der Waals surface area contributed by atoms with Gasteiger partial charge in [0.15, 0.2) is 0 Å². The van der Waals surface area contributed by atoms with Crippen molar-refractivity contribution in [1.29, 1.82) is 0 Å². The molecule has 0 aliphatic rings. The van der Waals surface area contributed by atoms with Gasteiger partial charge in [0, 0.05) is 29.6 Å². The molecule has 0 saturated heterocycles. The zero-order chi connectivity index (χ0) is 19.0. The average molecular weight is 359 g/mol. The summed E-state index contributed by atoms with van der Waals surface area (Å²) in [5.74, 6) is 0.765. The van der Waals surface area contributed by atoms with Crippen LogP contribution in [0.4, 0.5) is 5.69 Å². The van der Waals surface area contributed by atoms with Crippen LogP contribution in [0, 0.1) is 13.8 Å². The van der Waals surface area contributed by atoms with Gasteiger partial charge in [0.2, 0.25) is 5.91 Å². The van der Waals surface area contributed by atoms with E-state index in [9.17, 15) is 4.79 Å². The van der Waals surface area contributed by atoms with Crippen LogP contribution in [-0.2, 0) is 18.3 Å². The second-order valence-corrected chi connectivity index (χ2v) is 6.68. The average Bonchev–Trinajstić information content (AvgIpc) is 3.19. The monoisotopic (exact) mass is 359 g/mol. The number of amides is 1. The molecule has 0 radical (unpaired) electrons. The number of H-pyrrole nitrogens is 1. The Morgan fingerprint density at radius 2 is 1.85 bits per heavy atom. The minimum absolute atomic E-state index is 0.0503. The topological polar surface area (TPSA) is 75.6 Å². The van der Waals surface area contributed by atoms with E-state index in [2.05, 4.69) is 20.4 Å². The van der Waals surface area contributed by atoms with Crippen molar-refractivity contribution in [3.63, 3.8) is 0 Å². The maximum atomic E-state index is 12.4. The first-order valence-corrected chi connectivity index (χ1v) is 8.85. The Morgan fingerprint density at radius 1 is 1.11 bits per heavy atom. The molecule has 0 bridgehead atoms. The lowest BCUT2D eigenvalue weighted by atomic mass is 10.1. The second-order valence-electron chi connectivity index (χ2n) is 6.68. The third kappa shape index (κ3) is 3.33. The van der Waals surface area contributed by atoms with Gasteiger partial charge >= 0.3 is 0 Å². The number of benzene rings is 2. The number of carbonyl (C=O) groups is 1. The highest BCUT2D eigenvalue weighted by Gasteiger charge is 2.14. The van der Waals surface area contributed by atoms with E-state index in [1.54, 1.807) is 4.68 Å². The molecule has 6 heteroatoms. The Kier molecular flexibility index (Phi) is 4.24. The predicted octanol–water partition coefficient (Wildman–Crippen LogP) is 3.76. The Balaban J connectivity index is 1.48. The maximum Gasteiger partial charge on any atom is 0.228 e. The highest BCUT2D eigenvalue weighted by atomic mass is 16.1. The number of para-hydroxylation sites is 2. The number of imidazole rings is 1. The molecule has 1 amide bonds. The van der Waals surface area contributed by atoms with Gasteiger partial charge in [-0.25, -0.2) is 4.98 Å². The molecule has 4 rings (SSSR count). The van der Waals surface area contributed by atoms with Crippen molar-refractivity contribution in [2.24, 2.45) is 7.05 Å². The number of aromatic amines is 1. The zero-order valence-electron chi connectivity index (χ0n) is 15.6. The van der Waals surface area contributed by atoms with Crippen molar-refractivity contribution in [3.05, 3.63) is 65.5 Å². The quantitative estimate of drug-likeness (QED) is 0.582. The Labute approximate surface area is 157 Å². The molecule has 27 heavy (non-hydrogen) atoms. The molecule has 0 aliphatic heterocycles. The number of anilines is 1. The van der Waals surface area contributed by atoms with E-state index in [0.29, 0.717) is 6.42 Å². The van der Waals surface area contributed by atoms with Crippen LogP contribution in [0.15, 0.2) is 48.5 Å². The highest BCUT2D eigenvalue weighted by molar-refractivity contribution is 5.92. The number of aryl methyl sites for hydroxylation is 2. The molecule has 0 saturated carbocycles. The summed E-state index contributed by atoms with van der Waals surface area (Å²) in [4.78, 5) is 20.3. The third-order valence-corrected chi connectivity index (χ3v) is 4.83. The van der Waals surface area contributed by atoms with Crippen LogP contribution >= 0.6 is 0 Å². The molecule has 136 valence electrons. The number of hydrogen-bond donors (Lipinski definition) is 2. The molecule has 4 aromatic rings. The predicted molar refractivity (Wildman–Crippen MR) is 107 cm³/mol. The molecule has 2 aromatic carbocycles. The van der Waals surface area contributed by atoms with Crippen LogP contribution in [-0.4, -0.2) is 25.7 Å². The Morgan fingerprint density at radius 3 is 2.52 bits per heavy atom. The molecular weight excluding hydrogens is 338 g/mol. The first-order valence-electron chi connectivity index (χ1n) is 8.85. The summed E-state index contributed by atoms with van der Waals surface area (Å²) in [6.07, 6.45) is 0.316. The summed E-state index contributed by atoms with van der Waals surface area (Å²) in [5.41, 5.74) is 6.57. The molecule has 2 aromatic heterocycles. The van der Waals surface area contributed by atoms with Crippen molar-refractivity contribution in [2.45, 2.75) is 20.3 Å². The van der Waals surface area contributed by atoms with E-state index in [0.717, 1.165) is 45.1 Å². The molecule has 2 heterocycles. The fraction of sp³-hybridized carbons (Fsp3) is 0.190. The first kappa shape index (κ1) is 17.0. The van der Waals surface area contributed by atoms with E-state index in [-0.39, 0.29) is 5.91 Å². The summed E-state index contributed by atoms with van der Waals surface area (Å²) in [6, 6.07) is 15.6. The van der Waals surface area contributed by atoms with Crippen molar-refractivity contribution in [1.82, 2.24) is 19.7 Å². The number of nitrogens with zero attached hydrogens (tertiary/aromatic N) is 3. The minimum Gasteiger partial charge on any atom is -0.338 e. The van der Waals surface area contributed by atoms with Crippen LogP contribution in [0.5, 0.6) is 0 Å². The number of rotatable bonds is 4. The van der Waals surface area contributed by atoms with Gasteiger partial charge in [-0.3, -0.25) is 9.48 Å². The van der Waals surface area contributed by atoms with Gasteiger partial charge in [-0.1, -0.05) is 12.1 Å². The van der Waals surface area contributed by atoms with Crippen molar-refractivity contribution in [2.75, 3.05) is 5.32 Å². The van der Waals surface area contributed by atoms with E-state index in [1.165, 1.54) is 0 Å². The van der Waals surface area contributed by atoms with Crippen LogP contribution in [0.3, 0.4) is 0 Å². The molecule has 0 spiro atoms. The molecule has 0 atom stereocenters. The van der Waals surface area contributed by atoms with Gasteiger partial charge in [0.1, 0.15) is 5.82 Å². The second kappa shape index (κ2) is 6.72. The van der Waals surface area contributed by atoms with E-state index in [4.69, 9.17) is 0 Å². The van der Waals surface area contributed by atoms with Crippen LogP contribution in [0.25, 0.3) is 22.4 Å². The van der Waals surface area contributed by atoms with Gasteiger partial charge < -0.3 is 10.3 Å². The summed E-state index contributed by atoms with van der Waals surface area (Å²) in [5, 5.41) is 7.31. The molecule has 0 unspecified atom stereocenters. The molecule has 0 aliphatic carbocycles. The van der Waals surface area contributed by atoms with E-state index < -0.39 is 0 Å². The van der Waals surface area contributed by atoms with Crippen molar-refractivity contribution in [3.8, 4) is 11.4 Å². The van der Waals surface area contributed by atoms with Gasteiger partial charge in [-0.15, -0.1) is 0 Å². The van der Waals surface area contributed by atoms with Crippen LogP contribution in [0.1, 0.15) is 17.0 Å². The normalized spacial score (nSPS) is 11.1. The van der Waals surface area contributed by atoms with Crippen LogP contribution in [0.2, 0.25) is 0 Å². The SMILES string of the molecule is Cc1nn(C)c(C)c1CC(=O)Nc1ccc(-c2nc3ccccc3[nH]2)cc1. The lowest BCUT2D eigenvalue weighted by molar-refractivity contribution is -0.115. The fourth-order valence-electron chi connectivity index (χ4n) is 3.24. The first-order chi connectivity index (χ1) is 13.0. The Hall–Kier alpha value is -3.41. The summed E-state index contributed by atoms with van der Waals surface area (Å²) in [7, 11) is 1.89. The van der Waals surface area contributed by atoms with Gasteiger partial charge in [-0.05, 0) is 50.2 Å². The summed E-state index contributed by atoms with van der Waals surface area (Å²) >= 11 is 0. The fourth-order valence-corrected chi connectivity index (χ4v) is 3.24. The van der Waals surface area contributed by atoms with E-state index >= 15 is 0 Å². The van der Waals surface area contributed by atoms with Crippen LogP contribution < -0.4 is 5.32 Å². The number of nitrogens with one attached hydrogen (secondary N) is 2. The van der Waals surface area contributed by atoms with E-state index in [1.807, 2.05) is 69.4 Å². The van der Waals surface area contributed by atoms with Gasteiger partial charge in [-0.2, -0.15) is 5.10 Å². The largest absolute Gasteiger partial charge is 0.338 e. The lowest BCUT2D eigenvalue weighted by Crippen LogP contribution is -2.15. The number of aromatic nitrogens is 4. The highest BCUT2D eigenvalue weighted by Crippen LogP contribution is 2.22. The molecular formula is C21H21N5O. The molecule has 2 N–H and O–H groups in total. The minimum atomic E-state index is -0.0503. The maximum absolute atomic E-state index is 12.4. The molecule has 6 nitrogen and oxygen atoms in total. The van der Waals surface area contributed by atoms with Crippen molar-refractivity contribution < 1.29 is 4.79 Å². The lowest BCUT2D eigenvalue weighted by Gasteiger charge is -2.06. The Bertz CT molecular complexity index is 1090. The summed E-state index contributed by atoms with van der Waals surface area (Å²) in [6.45, 7) is 3.91. The standard InChI is InChI=1S/C21H21N5O/c1-13-17(14(2)26(3)25-13)12-20(27)22-16-10-8-15(9-11-16)21-23-18-6-4-5-7-19(18)24-21/h4-11H,12H2,1-3H3,(H,22,27)(H,23,24). The molecule has 0 fully saturated rings. The van der Waals surface area contributed by atoms with Gasteiger partial charge in [0.05, 0.1) is 23.1 Å².